The number of para-hydroxylation sites is 1. The van der Waals surface area contributed by atoms with Crippen molar-refractivity contribution < 1.29 is 19.1 Å². The third-order valence-electron chi connectivity index (χ3n) is 2.71. The van der Waals surface area contributed by atoms with Crippen LogP contribution >= 0.6 is 0 Å². The van der Waals surface area contributed by atoms with E-state index >= 15 is 0 Å². The van der Waals surface area contributed by atoms with Gasteiger partial charge in [0.05, 0.1) is 30.5 Å². The lowest BCUT2D eigenvalue weighted by atomic mass is 10.1. The number of carbonyl (C=O) groups is 1. The molecule has 102 valence electrons. The summed E-state index contributed by atoms with van der Waals surface area (Å²) in [6.07, 6.45) is 1.17. The van der Waals surface area contributed by atoms with Crippen molar-refractivity contribution in [3.8, 4) is 11.8 Å². The minimum Gasteiger partial charge on any atom is -0.495 e. The lowest BCUT2D eigenvalue weighted by molar-refractivity contribution is 0.0696. The first-order valence-corrected chi connectivity index (χ1v) is 5.77. The number of furan rings is 1. The molecule has 0 saturated heterocycles. The third-order valence-corrected chi connectivity index (χ3v) is 2.71. The van der Waals surface area contributed by atoms with Crippen LogP contribution in [0.25, 0.3) is 0 Å². The van der Waals surface area contributed by atoms with E-state index in [9.17, 15) is 4.79 Å². The Labute approximate surface area is 115 Å². The van der Waals surface area contributed by atoms with E-state index in [-0.39, 0.29) is 12.1 Å². The maximum absolute atomic E-state index is 10.7. The van der Waals surface area contributed by atoms with Crippen LogP contribution in [0.3, 0.4) is 0 Å². The van der Waals surface area contributed by atoms with Gasteiger partial charge in [-0.3, -0.25) is 0 Å². The van der Waals surface area contributed by atoms with E-state index in [0.717, 1.165) is 0 Å². The Balaban J connectivity index is 2.18. The number of methoxy groups -OCH3 is 1. The number of nitrogens with one attached hydrogen (secondary N) is 1. The molecule has 1 heterocycles. The van der Waals surface area contributed by atoms with Gasteiger partial charge in [0.25, 0.3) is 0 Å². The van der Waals surface area contributed by atoms with Gasteiger partial charge in [-0.15, -0.1) is 0 Å². The Morgan fingerprint density at radius 1 is 1.55 bits per heavy atom. The van der Waals surface area contributed by atoms with Gasteiger partial charge in [-0.05, 0) is 18.2 Å². The molecule has 0 bridgehead atoms. The fourth-order valence-electron chi connectivity index (χ4n) is 1.74. The standard InChI is InChI=1S/C14H12N2O4/c1-19-12-4-2-3-9(6-15)13(12)16-7-11-5-10(8-20-11)14(17)18/h2-5,8,16H,7H2,1H3,(H,17,18). The molecule has 1 aromatic heterocycles. The molecule has 0 atom stereocenters. The van der Waals surface area contributed by atoms with E-state index in [4.69, 9.17) is 19.5 Å². The van der Waals surface area contributed by atoms with E-state index in [1.807, 2.05) is 0 Å². The van der Waals surface area contributed by atoms with Crippen molar-refractivity contribution in [2.45, 2.75) is 6.54 Å². The molecular weight excluding hydrogens is 260 g/mol. The highest BCUT2D eigenvalue weighted by molar-refractivity contribution is 5.87. The zero-order chi connectivity index (χ0) is 14.5. The van der Waals surface area contributed by atoms with E-state index in [2.05, 4.69) is 11.4 Å². The maximum Gasteiger partial charge on any atom is 0.338 e. The molecule has 2 rings (SSSR count). The minimum absolute atomic E-state index is 0.0855. The molecule has 20 heavy (non-hydrogen) atoms. The summed E-state index contributed by atoms with van der Waals surface area (Å²) in [6.45, 7) is 0.252. The molecule has 2 aromatic rings. The quantitative estimate of drug-likeness (QED) is 0.868. The predicted octanol–water partition coefficient (Wildman–Crippen LogP) is 2.47. The second-order valence-corrected chi connectivity index (χ2v) is 3.96. The van der Waals surface area contributed by atoms with Crippen LogP contribution in [-0.4, -0.2) is 18.2 Å². The Bertz CT molecular complexity index is 670. The third kappa shape index (κ3) is 2.72. The van der Waals surface area contributed by atoms with Gasteiger partial charge in [-0.25, -0.2) is 4.79 Å². The van der Waals surface area contributed by atoms with Crippen LogP contribution in [0, 0.1) is 11.3 Å². The van der Waals surface area contributed by atoms with Crippen molar-refractivity contribution in [2.75, 3.05) is 12.4 Å². The molecule has 6 nitrogen and oxygen atoms in total. The molecule has 0 aliphatic heterocycles. The van der Waals surface area contributed by atoms with Gasteiger partial charge >= 0.3 is 5.97 Å². The average molecular weight is 272 g/mol. The van der Waals surface area contributed by atoms with Crippen LogP contribution in [0.2, 0.25) is 0 Å². The molecule has 0 unspecified atom stereocenters. The molecule has 0 saturated carbocycles. The number of carboxylic acid groups (broad SMARTS) is 1. The van der Waals surface area contributed by atoms with Gasteiger partial charge in [-0.1, -0.05) is 6.07 Å². The van der Waals surface area contributed by atoms with Gasteiger partial charge in [-0.2, -0.15) is 5.26 Å². The number of nitrogens with zero attached hydrogens (tertiary/aromatic N) is 1. The van der Waals surface area contributed by atoms with Crippen molar-refractivity contribution in [2.24, 2.45) is 0 Å². The van der Waals surface area contributed by atoms with Gasteiger partial charge in [0.1, 0.15) is 23.8 Å². The second kappa shape index (κ2) is 5.80. The van der Waals surface area contributed by atoms with Crippen LogP contribution < -0.4 is 10.1 Å². The van der Waals surface area contributed by atoms with Gasteiger partial charge in [0.2, 0.25) is 0 Å². The van der Waals surface area contributed by atoms with Crippen LogP contribution in [0.15, 0.2) is 34.9 Å². The Morgan fingerprint density at radius 2 is 2.35 bits per heavy atom. The lowest BCUT2D eigenvalue weighted by Crippen LogP contribution is -2.03. The predicted molar refractivity (Wildman–Crippen MR) is 70.7 cm³/mol. The highest BCUT2D eigenvalue weighted by Crippen LogP contribution is 2.28. The van der Waals surface area contributed by atoms with E-state index < -0.39 is 5.97 Å². The van der Waals surface area contributed by atoms with Gasteiger partial charge < -0.3 is 19.6 Å². The molecule has 2 N–H and O–H groups in total. The second-order valence-electron chi connectivity index (χ2n) is 3.96. The van der Waals surface area contributed by atoms with Crippen molar-refractivity contribution in [1.82, 2.24) is 0 Å². The first-order valence-electron chi connectivity index (χ1n) is 5.77. The molecule has 0 amide bonds. The van der Waals surface area contributed by atoms with Gasteiger partial charge in [0, 0.05) is 0 Å². The Morgan fingerprint density at radius 3 is 2.95 bits per heavy atom. The summed E-state index contributed by atoms with van der Waals surface area (Å²) in [5, 5.41) is 20.9. The van der Waals surface area contributed by atoms with Gasteiger partial charge in [0.15, 0.2) is 0 Å². The summed E-state index contributed by atoms with van der Waals surface area (Å²) in [6, 6.07) is 8.60. The van der Waals surface area contributed by atoms with Crippen molar-refractivity contribution >= 4 is 11.7 Å². The number of ether oxygens (including phenoxy) is 1. The van der Waals surface area contributed by atoms with Crippen molar-refractivity contribution in [3.05, 3.63) is 47.4 Å². The number of nitriles is 1. The fraction of sp³-hybridized carbons (Fsp3) is 0.143. The number of carboxylic acids is 1. The lowest BCUT2D eigenvalue weighted by Gasteiger charge is -2.11. The van der Waals surface area contributed by atoms with Crippen LogP contribution in [0.1, 0.15) is 21.7 Å². The number of anilines is 1. The molecule has 0 fully saturated rings. The largest absolute Gasteiger partial charge is 0.495 e. The topological polar surface area (TPSA) is 95.5 Å². The number of rotatable bonds is 5. The normalized spacial score (nSPS) is 9.80. The molecule has 0 aliphatic rings. The zero-order valence-electron chi connectivity index (χ0n) is 10.7. The maximum atomic E-state index is 10.7. The number of hydrogen-bond acceptors (Lipinski definition) is 5. The molecular formula is C14H12N2O4. The minimum atomic E-state index is -1.05. The van der Waals surface area contributed by atoms with Crippen molar-refractivity contribution in [3.63, 3.8) is 0 Å². The summed E-state index contributed by atoms with van der Waals surface area (Å²) in [7, 11) is 1.51. The van der Waals surface area contributed by atoms with E-state index in [0.29, 0.717) is 22.8 Å². The number of hydrogen-bond donors (Lipinski definition) is 2. The Kier molecular flexibility index (Phi) is 3.91. The molecule has 6 heteroatoms. The van der Waals surface area contributed by atoms with E-state index in [1.54, 1.807) is 18.2 Å². The molecule has 0 aliphatic carbocycles. The summed E-state index contributed by atoms with van der Waals surface area (Å²) in [4.78, 5) is 10.7. The first kappa shape index (κ1) is 13.5. The zero-order valence-corrected chi connectivity index (χ0v) is 10.7. The van der Waals surface area contributed by atoms with Crippen molar-refractivity contribution in [1.29, 1.82) is 5.26 Å². The van der Waals surface area contributed by atoms with Crippen LogP contribution in [0.4, 0.5) is 5.69 Å². The number of aromatic carboxylic acids is 1. The summed E-state index contributed by atoms with van der Waals surface area (Å²) < 4.78 is 10.3. The summed E-state index contributed by atoms with van der Waals surface area (Å²) in [5.41, 5.74) is 1.07. The number of benzene rings is 1. The smallest absolute Gasteiger partial charge is 0.338 e. The molecule has 1 aromatic carbocycles. The van der Waals surface area contributed by atoms with E-state index in [1.165, 1.54) is 19.4 Å². The first-order chi connectivity index (χ1) is 9.65. The molecule has 0 spiro atoms. The Hall–Kier alpha value is -2.94. The summed E-state index contributed by atoms with van der Waals surface area (Å²) in [5.74, 6) is -0.0544. The average Bonchev–Trinajstić information content (AvgIpc) is 2.93. The highest BCUT2D eigenvalue weighted by Gasteiger charge is 2.11. The SMILES string of the molecule is COc1cccc(C#N)c1NCc1cc(C(=O)O)co1. The fourth-order valence-corrected chi connectivity index (χ4v) is 1.74. The highest BCUT2D eigenvalue weighted by atomic mass is 16.5. The summed E-state index contributed by atoms with van der Waals surface area (Å²) >= 11 is 0. The van der Waals surface area contributed by atoms with Crippen LogP contribution in [0.5, 0.6) is 5.75 Å². The van der Waals surface area contributed by atoms with Crippen LogP contribution in [-0.2, 0) is 6.54 Å². The monoisotopic (exact) mass is 272 g/mol. The molecule has 0 radical (unpaired) electrons.